The van der Waals surface area contributed by atoms with Gasteiger partial charge in [0, 0.05) is 13.2 Å². The summed E-state index contributed by atoms with van der Waals surface area (Å²) >= 11 is 0. The lowest BCUT2D eigenvalue weighted by Gasteiger charge is -2.27. The summed E-state index contributed by atoms with van der Waals surface area (Å²) in [5.74, 6) is 1.73. The summed E-state index contributed by atoms with van der Waals surface area (Å²) in [6, 6.07) is 0. The van der Waals surface area contributed by atoms with Gasteiger partial charge in [-0.05, 0) is 18.8 Å². The Bertz CT molecular complexity index is 106. The van der Waals surface area contributed by atoms with Gasteiger partial charge in [-0.1, -0.05) is 39.0 Å². The van der Waals surface area contributed by atoms with E-state index in [0.29, 0.717) is 0 Å². The smallest absolute Gasteiger partial charge is 0.0494 e. The van der Waals surface area contributed by atoms with Crippen LogP contribution in [0.25, 0.3) is 0 Å². The highest BCUT2D eigenvalue weighted by Gasteiger charge is 2.19. The van der Waals surface area contributed by atoms with Crippen LogP contribution in [0.3, 0.4) is 0 Å². The molecular weight excluding hydrogens is 148 g/mol. The maximum absolute atomic E-state index is 5.45. The Hall–Kier alpha value is -0.0400. The lowest BCUT2D eigenvalue weighted by atomic mass is 9.81. The Morgan fingerprint density at radius 3 is 2.50 bits per heavy atom. The summed E-state index contributed by atoms with van der Waals surface area (Å²) in [7, 11) is 0. The second-order valence-corrected chi connectivity index (χ2v) is 4.03. The predicted octanol–water partition coefficient (Wildman–Crippen LogP) is 3.24. The first-order chi connectivity index (χ1) is 5.84. The van der Waals surface area contributed by atoms with Crippen LogP contribution >= 0.6 is 0 Å². The van der Waals surface area contributed by atoms with E-state index in [0.717, 1.165) is 25.0 Å². The van der Waals surface area contributed by atoms with Crippen molar-refractivity contribution in [3.05, 3.63) is 0 Å². The molecule has 1 aliphatic carbocycles. The van der Waals surface area contributed by atoms with E-state index < -0.39 is 0 Å². The minimum atomic E-state index is 0.783. The number of rotatable bonds is 4. The first kappa shape index (κ1) is 10.0. The molecule has 1 heteroatoms. The molecule has 0 amide bonds. The van der Waals surface area contributed by atoms with Crippen molar-refractivity contribution in [2.24, 2.45) is 11.8 Å². The highest BCUT2D eigenvalue weighted by atomic mass is 16.5. The van der Waals surface area contributed by atoms with Crippen molar-refractivity contribution in [3.63, 3.8) is 0 Å². The fourth-order valence-electron chi connectivity index (χ4n) is 2.14. The second kappa shape index (κ2) is 5.58. The summed E-state index contributed by atoms with van der Waals surface area (Å²) in [5.41, 5.74) is 0. The molecule has 0 saturated heterocycles. The molecule has 72 valence electrons. The summed E-state index contributed by atoms with van der Waals surface area (Å²) in [6.07, 6.45) is 7.22. The summed E-state index contributed by atoms with van der Waals surface area (Å²) in [4.78, 5) is 0. The van der Waals surface area contributed by atoms with Crippen LogP contribution in [0.2, 0.25) is 0 Å². The maximum atomic E-state index is 5.45. The van der Waals surface area contributed by atoms with Crippen LogP contribution in [0.1, 0.15) is 46.0 Å². The number of hydrogen-bond donors (Lipinski definition) is 0. The Labute approximate surface area is 76.5 Å². The summed E-state index contributed by atoms with van der Waals surface area (Å²) in [5, 5.41) is 0. The van der Waals surface area contributed by atoms with Gasteiger partial charge in [0.25, 0.3) is 0 Å². The van der Waals surface area contributed by atoms with E-state index >= 15 is 0 Å². The van der Waals surface area contributed by atoms with Gasteiger partial charge in [0.05, 0.1) is 0 Å². The molecule has 1 saturated carbocycles. The molecule has 0 N–H and O–H groups in total. The largest absolute Gasteiger partial charge is 0.381 e. The van der Waals surface area contributed by atoms with E-state index in [9.17, 15) is 0 Å². The van der Waals surface area contributed by atoms with E-state index in [1.54, 1.807) is 0 Å². The predicted molar refractivity (Wildman–Crippen MR) is 52.2 cm³/mol. The van der Waals surface area contributed by atoms with Crippen LogP contribution in [-0.2, 0) is 4.74 Å². The first-order valence-electron chi connectivity index (χ1n) is 5.42. The third-order valence-electron chi connectivity index (χ3n) is 3.04. The maximum Gasteiger partial charge on any atom is 0.0494 e. The molecule has 1 rings (SSSR count). The third kappa shape index (κ3) is 3.14. The molecule has 1 aliphatic rings. The van der Waals surface area contributed by atoms with E-state index in [1.807, 2.05) is 0 Å². The number of hydrogen-bond acceptors (Lipinski definition) is 1. The van der Waals surface area contributed by atoms with Crippen molar-refractivity contribution in [1.29, 1.82) is 0 Å². The fraction of sp³-hybridized carbons (Fsp3) is 1.00. The van der Waals surface area contributed by atoms with Crippen molar-refractivity contribution in [1.82, 2.24) is 0 Å². The van der Waals surface area contributed by atoms with Crippen molar-refractivity contribution < 1.29 is 4.74 Å². The fourth-order valence-corrected chi connectivity index (χ4v) is 2.14. The van der Waals surface area contributed by atoms with Gasteiger partial charge in [0.2, 0.25) is 0 Å². The van der Waals surface area contributed by atoms with E-state index in [2.05, 4.69) is 13.8 Å². The van der Waals surface area contributed by atoms with E-state index in [4.69, 9.17) is 4.74 Å². The van der Waals surface area contributed by atoms with Gasteiger partial charge < -0.3 is 4.74 Å². The standard InChI is InChI=1S/C11H22O/c1-3-12-9-10(2)11-7-5-4-6-8-11/h10-11H,3-9H2,1-2H3/t10-/m0/s1. The highest BCUT2D eigenvalue weighted by molar-refractivity contribution is 4.70. The van der Waals surface area contributed by atoms with Crippen molar-refractivity contribution in [2.75, 3.05) is 13.2 Å². The normalized spacial score (nSPS) is 22.5. The Morgan fingerprint density at radius 2 is 1.92 bits per heavy atom. The summed E-state index contributed by atoms with van der Waals surface area (Å²) in [6.45, 7) is 6.26. The average Bonchev–Trinajstić information content (AvgIpc) is 2.15. The monoisotopic (exact) mass is 170 g/mol. The molecule has 0 radical (unpaired) electrons. The van der Waals surface area contributed by atoms with Gasteiger partial charge in [0.15, 0.2) is 0 Å². The Balaban J connectivity index is 2.15. The van der Waals surface area contributed by atoms with Gasteiger partial charge in [-0.15, -0.1) is 0 Å². The molecule has 1 fully saturated rings. The first-order valence-corrected chi connectivity index (χ1v) is 5.42. The van der Waals surface area contributed by atoms with E-state index in [1.165, 1.54) is 32.1 Å². The molecule has 1 atom stereocenters. The van der Waals surface area contributed by atoms with Gasteiger partial charge in [0.1, 0.15) is 0 Å². The Kier molecular flexibility index (Phi) is 4.67. The molecule has 0 aromatic heterocycles. The van der Waals surface area contributed by atoms with Crippen molar-refractivity contribution in [3.8, 4) is 0 Å². The van der Waals surface area contributed by atoms with Gasteiger partial charge in [-0.25, -0.2) is 0 Å². The van der Waals surface area contributed by atoms with Crippen molar-refractivity contribution in [2.45, 2.75) is 46.0 Å². The quantitative estimate of drug-likeness (QED) is 0.629. The molecule has 0 unspecified atom stereocenters. The zero-order valence-electron chi connectivity index (χ0n) is 8.51. The van der Waals surface area contributed by atoms with Crippen LogP contribution in [0.15, 0.2) is 0 Å². The zero-order valence-corrected chi connectivity index (χ0v) is 8.51. The lowest BCUT2D eigenvalue weighted by molar-refractivity contribution is 0.0829. The second-order valence-electron chi connectivity index (χ2n) is 4.03. The molecule has 0 spiro atoms. The zero-order chi connectivity index (χ0) is 8.81. The van der Waals surface area contributed by atoms with Crippen LogP contribution in [0.5, 0.6) is 0 Å². The molecular formula is C11H22O. The Morgan fingerprint density at radius 1 is 1.25 bits per heavy atom. The molecule has 0 heterocycles. The van der Waals surface area contributed by atoms with Gasteiger partial charge in [-0.2, -0.15) is 0 Å². The number of ether oxygens (including phenoxy) is 1. The molecule has 1 nitrogen and oxygen atoms in total. The van der Waals surface area contributed by atoms with E-state index in [-0.39, 0.29) is 0 Å². The SMILES string of the molecule is CCOC[C@H](C)C1CCCCC1. The molecule has 12 heavy (non-hydrogen) atoms. The minimum Gasteiger partial charge on any atom is -0.381 e. The van der Waals surface area contributed by atoms with Crippen LogP contribution in [0, 0.1) is 11.8 Å². The van der Waals surface area contributed by atoms with Gasteiger partial charge in [-0.3, -0.25) is 0 Å². The van der Waals surface area contributed by atoms with Gasteiger partial charge >= 0.3 is 0 Å². The van der Waals surface area contributed by atoms with Crippen LogP contribution in [-0.4, -0.2) is 13.2 Å². The lowest BCUT2D eigenvalue weighted by Crippen LogP contribution is -2.19. The third-order valence-corrected chi connectivity index (χ3v) is 3.04. The molecule has 0 bridgehead atoms. The average molecular weight is 170 g/mol. The van der Waals surface area contributed by atoms with Crippen molar-refractivity contribution >= 4 is 0 Å². The minimum absolute atomic E-state index is 0.783. The summed E-state index contributed by atoms with van der Waals surface area (Å²) < 4.78 is 5.45. The molecule has 0 aliphatic heterocycles. The molecule has 0 aromatic rings. The van der Waals surface area contributed by atoms with Crippen LogP contribution < -0.4 is 0 Å². The topological polar surface area (TPSA) is 9.23 Å². The molecule has 0 aromatic carbocycles. The van der Waals surface area contributed by atoms with Crippen LogP contribution in [0.4, 0.5) is 0 Å². The highest BCUT2D eigenvalue weighted by Crippen LogP contribution is 2.29.